The number of carbonyl (C=O) groups excluding carboxylic acids is 3. The molecule has 2 rings (SSSR count). The number of nitrogens with zero attached hydrogens (tertiary/aromatic N) is 1. The molecule has 1 unspecified atom stereocenters. The fraction of sp³-hybridized carbons (Fsp3) is 0.286. The lowest BCUT2D eigenvalue weighted by atomic mass is 10.1. The highest BCUT2D eigenvalue weighted by atomic mass is 32.2. The van der Waals surface area contributed by atoms with Crippen molar-refractivity contribution in [1.82, 2.24) is 0 Å². The van der Waals surface area contributed by atoms with Crippen molar-refractivity contribution in [1.29, 1.82) is 0 Å². The molecule has 0 saturated carbocycles. The van der Waals surface area contributed by atoms with Gasteiger partial charge in [0.25, 0.3) is 0 Å². The summed E-state index contributed by atoms with van der Waals surface area (Å²) in [6.07, 6.45) is 0.971. The number of sulfonamides is 1. The van der Waals surface area contributed by atoms with E-state index < -0.39 is 33.9 Å². The Labute approximate surface area is 186 Å². The number of ether oxygens (including phenoxy) is 3. The number of nitrogens with one attached hydrogen (secondary N) is 1. The zero-order valence-electron chi connectivity index (χ0n) is 18.2. The summed E-state index contributed by atoms with van der Waals surface area (Å²) in [5.41, 5.74) is 0.279. The zero-order chi connectivity index (χ0) is 24.1. The highest BCUT2D eigenvalue weighted by Gasteiger charge is 2.30. The summed E-state index contributed by atoms with van der Waals surface area (Å²) in [6, 6.07) is 8.82. The largest absolute Gasteiger partial charge is 0.497 e. The second-order valence-corrected chi connectivity index (χ2v) is 8.53. The van der Waals surface area contributed by atoms with Gasteiger partial charge in [-0.15, -0.1) is 0 Å². The van der Waals surface area contributed by atoms with E-state index in [0.29, 0.717) is 5.75 Å². The summed E-state index contributed by atoms with van der Waals surface area (Å²) in [4.78, 5) is 37.0. The van der Waals surface area contributed by atoms with Gasteiger partial charge >= 0.3 is 11.9 Å². The van der Waals surface area contributed by atoms with Gasteiger partial charge < -0.3 is 19.5 Å². The summed E-state index contributed by atoms with van der Waals surface area (Å²) >= 11 is 0. The first kappa shape index (κ1) is 24.7. The molecule has 1 atom stereocenters. The Hall–Kier alpha value is -3.60. The Morgan fingerprint density at radius 2 is 1.53 bits per heavy atom. The van der Waals surface area contributed by atoms with Gasteiger partial charge in [-0.1, -0.05) is 0 Å². The molecule has 0 aliphatic carbocycles. The van der Waals surface area contributed by atoms with E-state index in [4.69, 9.17) is 9.47 Å². The number of benzene rings is 2. The van der Waals surface area contributed by atoms with Crippen molar-refractivity contribution >= 4 is 39.2 Å². The molecule has 1 N–H and O–H groups in total. The summed E-state index contributed by atoms with van der Waals surface area (Å²) in [5, 5.41) is 2.51. The number of anilines is 2. The van der Waals surface area contributed by atoms with Gasteiger partial charge in [-0.25, -0.2) is 18.0 Å². The average Bonchev–Trinajstić information content (AvgIpc) is 2.77. The number of carbonyl (C=O) groups is 3. The van der Waals surface area contributed by atoms with Crippen molar-refractivity contribution in [3.05, 3.63) is 53.6 Å². The molecule has 0 aliphatic heterocycles. The van der Waals surface area contributed by atoms with Gasteiger partial charge in [0, 0.05) is 0 Å². The maximum atomic E-state index is 13.0. The number of hydrogen-bond acceptors (Lipinski definition) is 8. The highest BCUT2D eigenvalue weighted by molar-refractivity contribution is 7.92. The number of methoxy groups -OCH3 is 3. The lowest BCUT2D eigenvalue weighted by Crippen LogP contribution is -2.45. The molecule has 10 nitrogen and oxygen atoms in total. The Balaban J connectivity index is 2.44. The van der Waals surface area contributed by atoms with Gasteiger partial charge in [0.2, 0.25) is 15.9 Å². The molecule has 0 radical (unpaired) electrons. The van der Waals surface area contributed by atoms with Crippen LogP contribution in [0.1, 0.15) is 27.6 Å². The first-order valence-electron chi connectivity index (χ1n) is 9.28. The molecule has 0 aliphatic rings. The van der Waals surface area contributed by atoms with Crippen LogP contribution in [0.4, 0.5) is 11.4 Å². The van der Waals surface area contributed by atoms with Crippen LogP contribution in [0.5, 0.6) is 5.75 Å². The second-order valence-electron chi connectivity index (χ2n) is 6.67. The van der Waals surface area contributed by atoms with Crippen LogP contribution in [-0.2, 0) is 24.3 Å². The van der Waals surface area contributed by atoms with Crippen LogP contribution in [0.3, 0.4) is 0 Å². The fourth-order valence-electron chi connectivity index (χ4n) is 2.96. The third kappa shape index (κ3) is 5.55. The highest BCUT2D eigenvalue weighted by Crippen LogP contribution is 2.25. The van der Waals surface area contributed by atoms with E-state index in [1.54, 1.807) is 12.1 Å². The Morgan fingerprint density at radius 3 is 2.03 bits per heavy atom. The molecule has 11 heteroatoms. The fourth-order valence-corrected chi connectivity index (χ4v) is 4.13. The number of esters is 2. The van der Waals surface area contributed by atoms with Gasteiger partial charge in [0.15, 0.2) is 0 Å². The second kappa shape index (κ2) is 10.1. The molecule has 32 heavy (non-hydrogen) atoms. The zero-order valence-corrected chi connectivity index (χ0v) is 19.1. The van der Waals surface area contributed by atoms with Crippen molar-refractivity contribution in [2.45, 2.75) is 13.0 Å². The molecule has 172 valence electrons. The minimum absolute atomic E-state index is 0.0175. The topological polar surface area (TPSA) is 128 Å². The third-order valence-electron chi connectivity index (χ3n) is 4.52. The maximum absolute atomic E-state index is 13.0. The van der Waals surface area contributed by atoms with Crippen LogP contribution in [0.25, 0.3) is 0 Å². The molecular weight excluding hydrogens is 440 g/mol. The smallest absolute Gasteiger partial charge is 0.339 e. The standard InChI is InChI=1S/C21H24N2O8S/c1-13(23(32(5,27)28)15-7-9-16(29-2)10-8-15)19(24)22-18-12-14(20(25)30-3)6-11-17(18)21(26)31-4/h6-13H,1-5H3,(H,22,24). The molecule has 0 heterocycles. The molecule has 2 aromatic carbocycles. The van der Waals surface area contributed by atoms with Crippen LogP contribution in [0.2, 0.25) is 0 Å². The van der Waals surface area contributed by atoms with Crippen molar-refractivity contribution in [3.63, 3.8) is 0 Å². The van der Waals surface area contributed by atoms with Gasteiger partial charge in [-0.2, -0.15) is 0 Å². The van der Waals surface area contributed by atoms with E-state index in [-0.39, 0.29) is 22.5 Å². The molecule has 2 aromatic rings. The molecule has 1 amide bonds. The van der Waals surface area contributed by atoms with Crippen molar-refractivity contribution < 1.29 is 37.0 Å². The number of rotatable bonds is 8. The van der Waals surface area contributed by atoms with E-state index in [9.17, 15) is 22.8 Å². The van der Waals surface area contributed by atoms with Gasteiger partial charge in [0.1, 0.15) is 11.8 Å². The Morgan fingerprint density at radius 1 is 0.938 bits per heavy atom. The summed E-state index contributed by atoms with van der Waals surface area (Å²) in [6.45, 7) is 1.39. The van der Waals surface area contributed by atoms with Gasteiger partial charge in [-0.05, 0) is 49.4 Å². The summed E-state index contributed by atoms with van der Waals surface area (Å²) in [5.74, 6) is -1.65. The average molecular weight is 464 g/mol. The van der Waals surface area contributed by atoms with Crippen molar-refractivity contribution in [2.75, 3.05) is 37.2 Å². The molecular formula is C21H24N2O8S. The van der Waals surface area contributed by atoms with Crippen LogP contribution < -0.4 is 14.4 Å². The number of hydrogen-bond donors (Lipinski definition) is 1. The van der Waals surface area contributed by atoms with Gasteiger partial charge in [0.05, 0.1) is 50.1 Å². The summed E-state index contributed by atoms with van der Waals surface area (Å²) in [7, 11) is -0.0351. The molecule has 0 saturated heterocycles. The quantitative estimate of drug-likeness (QED) is 0.588. The lowest BCUT2D eigenvalue weighted by molar-refractivity contribution is -0.116. The van der Waals surface area contributed by atoms with E-state index in [1.165, 1.54) is 58.6 Å². The molecule has 0 aromatic heterocycles. The van der Waals surface area contributed by atoms with E-state index >= 15 is 0 Å². The van der Waals surface area contributed by atoms with Crippen molar-refractivity contribution in [3.8, 4) is 5.75 Å². The van der Waals surface area contributed by atoms with Crippen LogP contribution >= 0.6 is 0 Å². The van der Waals surface area contributed by atoms with E-state index in [0.717, 1.165) is 10.6 Å². The molecule has 0 bridgehead atoms. The maximum Gasteiger partial charge on any atom is 0.339 e. The molecule has 0 spiro atoms. The van der Waals surface area contributed by atoms with E-state index in [1.807, 2.05) is 0 Å². The van der Waals surface area contributed by atoms with Crippen molar-refractivity contribution in [2.24, 2.45) is 0 Å². The molecule has 0 fully saturated rings. The Bertz CT molecular complexity index is 1110. The predicted octanol–water partition coefficient (Wildman–Crippen LogP) is 2.06. The van der Waals surface area contributed by atoms with E-state index in [2.05, 4.69) is 10.1 Å². The van der Waals surface area contributed by atoms with Crippen LogP contribution in [0.15, 0.2) is 42.5 Å². The minimum Gasteiger partial charge on any atom is -0.497 e. The van der Waals surface area contributed by atoms with Crippen LogP contribution in [-0.4, -0.2) is 59.9 Å². The van der Waals surface area contributed by atoms with Gasteiger partial charge in [-0.3, -0.25) is 9.10 Å². The Kier molecular flexibility index (Phi) is 7.82. The first-order chi connectivity index (χ1) is 15.0. The summed E-state index contributed by atoms with van der Waals surface area (Å²) < 4.78 is 40.3. The first-order valence-corrected chi connectivity index (χ1v) is 11.1. The number of amides is 1. The lowest BCUT2D eigenvalue weighted by Gasteiger charge is -2.28. The normalized spacial score (nSPS) is 11.8. The van der Waals surface area contributed by atoms with Crippen LogP contribution in [0, 0.1) is 0 Å². The monoisotopic (exact) mass is 464 g/mol. The third-order valence-corrected chi connectivity index (χ3v) is 5.76. The minimum atomic E-state index is -3.86. The SMILES string of the molecule is COC(=O)c1ccc(C(=O)OC)c(NC(=O)C(C)N(c2ccc(OC)cc2)S(C)(=O)=O)c1. The predicted molar refractivity (Wildman–Crippen MR) is 118 cm³/mol.